The average molecular weight is 308 g/mol. The van der Waals surface area contributed by atoms with Crippen molar-refractivity contribution in [3.63, 3.8) is 0 Å². The SMILES string of the molecule is Cc1ccc(CCC(=O)NCCc2ccc3ncoc3c2)cc1. The van der Waals surface area contributed by atoms with Crippen molar-refractivity contribution < 1.29 is 9.21 Å². The highest BCUT2D eigenvalue weighted by Gasteiger charge is 2.04. The number of oxazole rings is 1. The van der Waals surface area contributed by atoms with Crippen LogP contribution in [0.1, 0.15) is 23.1 Å². The second kappa shape index (κ2) is 7.09. The molecule has 0 atom stereocenters. The minimum absolute atomic E-state index is 0.0892. The van der Waals surface area contributed by atoms with Gasteiger partial charge in [0.1, 0.15) is 5.52 Å². The number of hydrogen-bond donors (Lipinski definition) is 1. The molecule has 4 nitrogen and oxygen atoms in total. The molecule has 0 aliphatic rings. The van der Waals surface area contributed by atoms with Crippen molar-refractivity contribution in [3.05, 3.63) is 65.5 Å². The van der Waals surface area contributed by atoms with Crippen LogP contribution in [0.5, 0.6) is 0 Å². The van der Waals surface area contributed by atoms with Gasteiger partial charge in [-0.2, -0.15) is 0 Å². The summed E-state index contributed by atoms with van der Waals surface area (Å²) in [4.78, 5) is 16.0. The Morgan fingerprint density at radius 2 is 1.87 bits per heavy atom. The highest BCUT2D eigenvalue weighted by Crippen LogP contribution is 2.14. The van der Waals surface area contributed by atoms with Crippen LogP contribution >= 0.6 is 0 Å². The first-order valence-electron chi connectivity index (χ1n) is 7.85. The molecule has 0 saturated carbocycles. The van der Waals surface area contributed by atoms with E-state index in [9.17, 15) is 4.79 Å². The van der Waals surface area contributed by atoms with Gasteiger partial charge in [0.25, 0.3) is 0 Å². The van der Waals surface area contributed by atoms with Crippen molar-refractivity contribution in [1.82, 2.24) is 10.3 Å². The van der Waals surface area contributed by atoms with Crippen LogP contribution in [-0.4, -0.2) is 17.4 Å². The molecule has 23 heavy (non-hydrogen) atoms. The van der Waals surface area contributed by atoms with Gasteiger partial charge in [0.15, 0.2) is 12.0 Å². The zero-order valence-corrected chi connectivity index (χ0v) is 13.2. The molecule has 0 spiro atoms. The molecule has 1 amide bonds. The number of nitrogens with zero attached hydrogens (tertiary/aromatic N) is 1. The summed E-state index contributed by atoms with van der Waals surface area (Å²) in [6.45, 7) is 2.69. The predicted molar refractivity (Wildman–Crippen MR) is 90.2 cm³/mol. The number of carbonyl (C=O) groups excluding carboxylic acids is 1. The largest absolute Gasteiger partial charge is 0.443 e. The van der Waals surface area contributed by atoms with Crippen LogP contribution in [0.2, 0.25) is 0 Å². The minimum Gasteiger partial charge on any atom is -0.443 e. The third-order valence-electron chi connectivity index (χ3n) is 3.89. The van der Waals surface area contributed by atoms with Crippen LogP contribution in [0.3, 0.4) is 0 Å². The fourth-order valence-corrected chi connectivity index (χ4v) is 2.50. The van der Waals surface area contributed by atoms with Gasteiger partial charge in [-0.05, 0) is 43.0 Å². The number of aryl methyl sites for hydroxylation is 2. The topological polar surface area (TPSA) is 55.1 Å². The van der Waals surface area contributed by atoms with E-state index >= 15 is 0 Å². The molecule has 0 fully saturated rings. The van der Waals surface area contributed by atoms with Crippen LogP contribution in [0, 0.1) is 6.92 Å². The summed E-state index contributed by atoms with van der Waals surface area (Å²) in [6.07, 6.45) is 3.52. The zero-order chi connectivity index (χ0) is 16.1. The van der Waals surface area contributed by atoms with E-state index < -0.39 is 0 Å². The molecular formula is C19H20N2O2. The van der Waals surface area contributed by atoms with Gasteiger partial charge in [-0.25, -0.2) is 4.98 Å². The Morgan fingerprint density at radius 1 is 1.09 bits per heavy atom. The van der Waals surface area contributed by atoms with E-state index in [0.29, 0.717) is 13.0 Å². The lowest BCUT2D eigenvalue weighted by atomic mass is 10.1. The van der Waals surface area contributed by atoms with E-state index in [1.54, 1.807) is 0 Å². The number of fused-ring (bicyclic) bond motifs is 1. The van der Waals surface area contributed by atoms with Gasteiger partial charge in [0, 0.05) is 13.0 Å². The maximum atomic E-state index is 11.9. The quantitative estimate of drug-likeness (QED) is 0.759. The monoisotopic (exact) mass is 308 g/mol. The first-order chi connectivity index (χ1) is 11.2. The first-order valence-corrected chi connectivity index (χ1v) is 7.85. The highest BCUT2D eigenvalue weighted by molar-refractivity contribution is 5.76. The molecule has 3 rings (SSSR count). The molecule has 3 aromatic rings. The Kier molecular flexibility index (Phi) is 4.71. The number of rotatable bonds is 6. The van der Waals surface area contributed by atoms with Crippen LogP contribution in [0.4, 0.5) is 0 Å². The molecule has 0 unspecified atom stereocenters. The van der Waals surface area contributed by atoms with Crippen LogP contribution in [0.25, 0.3) is 11.1 Å². The highest BCUT2D eigenvalue weighted by atomic mass is 16.3. The second-order valence-corrected chi connectivity index (χ2v) is 5.74. The lowest BCUT2D eigenvalue weighted by Crippen LogP contribution is -2.25. The third kappa shape index (κ3) is 4.19. The molecular weight excluding hydrogens is 288 g/mol. The van der Waals surface area contributed by atoms with Gasteiger partial charge in [-0.15, -0.1) is 0 Å². The number of aromatic nitrogens is 1. The Labute approximate surface area is 135 Å². The summed E-state index contributed by atoms with van der Waals surface area (Å²) in [6, 6.07) is 14.2. The molecule has 1 heterocycles. The maximum Gasteiger partial charge on any atom is 0.220 e. The van der Waals surface area contributed by atoms with E-state index in [2.05, 4.69) is 41.5 Å². The zero-order valence-electron chi connectivity index (χ0n) is 13.2. The van der Waals surface area contributed by atoms with Crippen LogP contribution in [-0.2, 0) is 17.6 Å². The molecule has 0 radical (unpaired) electrons. The molecule has 0 aliphatic carbocycles. The third-order valence-corrected chi connectivity index (χ3v) is 3.89. The Bertz CT molecular complexity index is 790. The number of amides is 1. The van der Waals surface area contributed by atoms with Crippen LogP contribution in [0.15, 0.2) is 53.3 Å². The Hall–Kier alpha value is -2.62. The molecule has 4 heteroatoms. The van der Waals surface area contributed by atoms with Gasteiger partial charge < -0.3 is 9.73 Å². The van der Waals surface area contributed by atoms with Crippen molar-refractivity contribution in [2.24, 2.45) is 0 Å². The van der Waals surface area contributed by atoms with Gasteiger partial charge in [0.2, 0.25) is 5.91 Å². The fraction of sp³-hybridized carbons (Fsp3) is 0.263. The number of carbonyl (C=O) groups is 1. The van der Waals surface area contributed by atoms with Gasteiger partial charge >= 0.3 is 0 Å². The van der Waals surface area contributed by atoms with Gasteiger partial charge in [-0.3, -0.25) is 4.79 Å². The van der Waals surface area contributed by atoms with Gasteiger partial charge in [0.05, 0.1) is 0 Å². The molecule has 1 N–H and O–H groups in total. The van der Waals surface area contributed by atoms with Crippen molar-refractivity contribution in [2.45, 2.75) is 26.2 Å². The summed E-state index contributed by atoms with van der Waals surface area (Å²) < 4.78 is 5.28. The second-order valence-electron chi connectivity index (χ2n) is 5.74. The summed E-state index contributed by atoms with van der Waals surface area (Å²) in [5.41, 5.74) is 5.21. The number of benzene rings is 2. The summed E-state index contributed by atoms with van der Waals surface area (Å²) in [5, 5.41) is 2.97. The Balaban J connectivity index is 1.42. The molecule has 1 aromatic heterocycles. The molecule has 0 aliphatic heterocycles. The van der Waals surface area contributed by atoms with Crippen molar-refractivity contribution in [2.75, 3.05) is 6.54 Å². The Morgan fingerprint density at radius 3 is 2.70 bits per heavy atom. The standard InChI is InChI=1S/C19H20N2O2/c1-14-2-4-15(5-3-14)7-9-19(22)20-11-10-16-6-8-17-18(12-16)23-13-21-17/h2-6,8,12-13H,7,9-11H2,1H3,(H,20,22). The van der Waals surface area contributed by atoms with E-state index in [4.69, 9.17) is 4.42 Å². The summed E-state index contributed by atoms with van der Waals surface area (Å²) in [7, 11) is 0. The molecule has 118 valence electrons. The van der Waals surface area contributed by atoms with E-state index in [1.807, 2.05) is 18.2 Å². The van der Waals surface area contributed by atoms with E-state index in [0.717, 1.165) is 29.5 Å². The smallest absolute Gasteiger partial charge is 0.220 e. The van der Waals surface area contributed by atoms with E-state index in [-0.39, 0.29) is 5.91 Å². The van der Waals surface area contributed by atoms with Crippen molar-refractivity contribution in [3.8, 4) is 0 Å². The first kappa shape index (κ1) is 15.3. The molecule has 0 bridgehead atoms. The van der Waals surface area contributed by atoms with Crippen LogP contribution < -0.4 is 5.32 Å². The normalized spacial score (nSPS) is 10.8. The lowest BCUT2D eigenvalue weighted by molar-refractivity contribution is -0.121. The molecule has 0 saturated heterocycles. The predicted octanol–water partition coefficient (Wildman–Crippen LogP) is 3.43. The lowest BCUT2D eigenvalue weighted by Gasteiger charge is -2.06. The minimum atomic E-state index is 0.0892. The number of hydrogen-bond acceptors (Lipinski definition) is 3. The van der Waals surface area contributed by atoms with Crippen molar-refractivity contribution in [1.29, 1.82) is 0 Å². The number of nitrogens with one attached hydrogen (secondary N) is 1. The fourth-order valence-electron chi connectivity index (χ4n) is 2.50. The van der Waals surface area contributed by atoms with Crippen molar-refractivity contribution >= 4 is 17.0 Å². The average Bonchev–Trinajstić information content (AvgIpc) is 3.02. The molecule has 2 aromatic carbocycles. The maximum absolute atomic E-state index is 11.9. The van der Waals surface area contributed by atoms with Gasteiger partial charge in [-0.1, -0.05) is 35.9 Å². The van der Waals surface area contributed by atoms with E-state index in [1.165, 1.54) is 17.5 Å². The summed E-state index contributed by atoms with van der Waals surface area (Å²) >= 11 is 0. The summed E-state index contributed by atoms with van der Waals surface area (Å²) in [5.74, 6) is 0.0892.